The highest BCUT2D eigenvalue weighted by Crippen LogP contribution is 2.23. The first-order valence-electron chi connectivity index (χ1n) is 6.90. The van der Waals surface area contributed by atoms with E-state index in [2.05, 4.69) is 10.6 Å². The molecule has 0 atom stereocenters. The van der Waals surface area contributed by atoms with Gasteiger partial charge in [-0.05, 0) is 23.4 Å². The maximum Gasteiger partial charge on any atom is 0.254 e. The van der Waals surface area contributed by atoms with Gasteiger partial charge in [-0.25, -0.2) is 0 Å². The molecule has 0 aliphatic heterocycles. The van der Waals surface area contributed by atoms with Crippen LogP contribution in [0, 0.1) is 0 Å². The highest BCUT2D eigenvalue weighted by molar-refractivity contribution is 7.14. The molecule has 1 aromatic carbocycles. The van der Waals surface area contributed by atoms with E-state index in [9.17, 15) is 9.59 Å². The third-order valence-electron chi connectivity index (χ3n) is 2.94. The Labute approximate surface area is 128 Å². The fourth-order valence-electron chi connectivity index (χ4n) is 1.87. The molecule has 1 aromatic heterocycles. The number of carbonyl (C=O) groups excluding carboxylic acids is 2. The molecule has 2 amide bonds. The van der Waals surface area contributed by atoms with Crippen molar-refractivity contribution in [3.05, 3.63) is 52.9 Å². The molecule has 5 heteroatoms. The van der Waals surface area contributed by atoms with Crippen molar-refractivity contribution in [2.24, 2.45) is 0 Å². The Morgan fingerprint density at radius 3 is 2.62 bits per heavy atom. The van der Waals surface area contributed by atoms with E-state index in [4.69, 9.17) is 0 Å². The maximum absolute atomic E-state index is 12.2. The molecule has 0 spiro atoms. The molecule has 0 fully saturated rings. The lowest BCUT2D eigenvalue weighted by Crippen LogP contribution is -2.23. The van der Waals surface area contributed by atoms with Crippen LogP contribution in [0.4, 0.5) is 5.00 Å². The zero-order chi connectivity index (χ0) is 15.1. The molecule has 0 unspecified atom stereocenters. The van der Waals surface area contributed by atoms with Gasteiger partial charge in [0.15, 0.2) is 0 Å². The molecule has 2 aromatic rings. The quantitative estimate of drug-likeness (QED) is 0.859. The van der Waals surface area contributed by atoms with Crippen LogP contribution in [0.25, 0.3) is 0 Å². The number of hydrogen-bond donors (Lipinski definition) is 2. The molecule has 0 saturated heterocycles. The summed E-state index contributed by atoms with van der Waals surface area (Å²) >= 11 is 1.36. The smallest absolute Gasteiger partial charge is 0.254 e. The molecule has 110 valence electrons. The second-order valence-corrected chi connectivity index (χ2v) is 5.55. The number of hydrogen-bond acceptors (Lipinski definition) is 3. The first kappa shape index (κ1) is 15.3. The zero-order valence-corrected chi connectivity index (χ0v) is 12.7. The molecule has 0 aliphatic rings. The van der Waals surface area contributed by atoms with Gasteiger partial charge in [0, 0.05) is 13.0 Å². The number of amides is 2. The predicted octanol–water partition coefficient (Wildman–Crippen LogP) is 3.42. The number of carbonyl (C=O) groups is 2. The van der Waals surface area contributed by atoms with Crippen molar-refractivity contribution in [3.63, 3.8) is 0 Å². The van der Waals surface area contributed by atoms with Gasteiger partial charge >= 0.3 is 0 Å². The largest absolute Gasteiger partial charge is 0.348 e. The van der Waals surface area contributed by atoms with Crippen molar-refractivity contribution in [2.75, 3.05) is 5.32 Å². The number of rotatable bonds is 6. The summed E-state index contributed by atoms with van der Waals surface area (Å²) in [5, 5.41) is 8.07. The first-order chi connectivity index (χ1) is 10.2. The average molecular weight is 302 g/mol. The molecular formula is C16H18N2O2S. The SMILES string of the molecule is CCCC(=O)Nc1sccc1C(=O)NCc1ccccc1. The summed E-state index contributed by atoms with van der Waals surface area (Å²) in [7, 11) is 0. The van der Waals surface area contributed by atoms with Gasteiger partial charge in [-0.2, -0.15) is 0 Å². The van der Waals surface area contributed by atoms with Crippen LogP contribution in [0.2, 0.25) is 0 Å². The summed E-state index contributed by atoms with van der Waals surface area (Å²) in [6.45, 7) is 2.42. The van der Waals surface area contributed by atoms with E-state index in [1.165, 1.54) is 11.3 Å². The van der Waals surface area contributed by atoms with Gasteiger partial charge in [-0.15, -0.1) is 11.3 Å². The topological polar surface area (TPSA) is 58.2 Å². The molecule has 2 N–H and O–H groups in total. The van der Waals surface area contributed by atoms with Crippen LogP contribution in [-0.2, 0) is 11.3 Å². The minimum atomic E-state index is -0.174. The van der Waals surface area contributed by atoms with E-state index in [1.807, 2.05) is 37.3 Å². The Balaban J connectivity index is 1.96. The Bertz CT molecular complexity index is 608. The lowest BCUT2D eigenvalue weighted by atomic mass is 10.2. The van der Waals surface area contributed by atoms with Crippen molar-refractivity contribution in [2.45, 2.75) is 26.3 Å². The minimum Gasteiger partial charge on any atom is -0.348 e. The zero-order valence-electron chi connectivity index (χ0n) is 11.9. The Kier molecular flexibility index (Phi) is 5.51. The van der Waals surface area contributed by atoms with Gasteiger partial charge in [-0.1, -0.05) is 37.3 Å². The number of thiophene rings is 1. The van der Waals surface area contributed by atoms with Gasteiger partial charge in [0.25, 0.3) is 5.91 Å². The minimum absolute atomic E-state index is 0.0583. The maximum atomic E-state index is 12.2. The lowest BCUT2D eigenvalue weighted by Gasteiger charge is -2.07. The summed E-state index contributed by atoms with van der Waals surface area (Å²) in [6, 6.07) is 11.4. The monoisotopic (exact) mass is 302 g/mol. The molecule has 0 saturated carbocycles. The fraction of sp³-hybridized carbons (Fsp3) is 0.250. The number of anilines is 1. The van der Waals surface area contributed by atoms with Crippen molar-refractivity contribution in [3.8, 4) is 0 Å². The van der Waals surface area contributed by atoms with E-state index in [1.54, 1.807) is 11.4 Å². The van der Waals surface area contributed by atoms with Gasteiger partial charge in [0.1, 0.15) is 5.00 Å². The van der Waals surface area contributed by atoms with E-state index in [0.29, 0.717) is 23.5 Å². The Hall–Kier alpha value is -2.14. The Morgan fingerprint density at radius 2 is 1.90 bits per heavy atom. The average Bonchev–Trinajstić information content (AvgIpc) is 2.94. The van der Waals surface area contributed by atoms with Crippen molar-refractivity contribution in [1.29, 1.82) is 0 Å². The summed E-state index contributed by atoms with van der Waals surface area (Å²) < 4.78 is 0. The van der Waals surface area contributed by atoms with Crippen LogP contribution in [0.3, 0.4) is 0 Å². The predicted molar refractivity (Wildman–Crippen MR) is 85.5 cm³/mol. The molecule has 0 aliphatic carbocycles. The fourth-order valence-corrected chi connectivity index (χ4v) is 2.68. The third kappa shape index (κ3) is 4.43. The second kappa shape index (κ2) is 7.59. The standard InChI is InChI=1S/C16H18N2O2S/c1-2-6-14(19)18-16-13(9-10-21-16)15(20)17-11-12-7-4-3-5-8-12/h3-5,7-10H,2,6,11H2,1H3,(H,17,20)(H,18,19). The van der Waals surface area contributed by atoms with Crippen LogP contribution in [-0.4, -0.2) is 11.8 Å². The lowest BCUT2D eigenvalue weighted by molar-refractivity contribution is -0.116. The van der Waals surface area contributed by atoms with Crippen LogP contribution in [0.15, 0.2) is 41.8 Å². The summed E-state index contributed by atoms with van der Waals surface area (Å²) in [5.74, 6) is -0.232. The van der Waals surface area contributed by atoms with Crippen molar-refractivity contribution in [1.82, 2.24) is 5.32 Å². The molecule has 21 heavy (non-hydrogen) atoms. The molecule has 1 heterocycles. The Morgan fingerprint density at radius 1 is 1.14 bits per heavy atom. The van der Waals surface area contributed by atoms with Crippen LogP contribution in [0.1, 0.15) is 35.7 Å². The van der Waals surface area contributed by atoms with E-state index in [-0.39, 0.29) is 11.8 Å². The molecule has 4 nitrogen and oxygen atoms in total. The van der Waals surface area contributed by atoms with Crippen molar-refractivity contribution >= 4 is 28.2 Å². The summed E-state index contributed by atoms with van der Waals surface area (Å²) in [5.41, 5.74) is 1.55. The highest BCUT2D eigenvalue weighted by Gasteiger charge is 2.14. The van der Waals surface area contributed by atoms with Crippen LogP contribution < -0.4 is 10.6 Å². The second-order valence-electron chi connectivity index (χ2n) is 4.63. The van der Waals surface area contributed by atoms with Gasteiger partial charge in [0.05, 0.1) is 5.56 Å². The molecular weight excluding hydrogens is 284 g/mol. The van der Waals surface area contributed by atoms with Crippen molar-refractivity contribution < 1.29 is 9.59 Å². The van der Waals surface area contributed by atoms with Crippen LogP contribution >= 0.6 is 11.3 Å². The third-order valence-corrected chi connectivity index (χ3v) is 3.77. The summed E-state index contributed by atoms with van der Waals surface area (Å²) in [6.07, 6.45) is 1.25. The highest BCUT2D eigenvalue weighted by atomic mass is 32.1. The molecule has 0 radical (unpaired) electrons. The first-order valence-corrected chi connectivity index (χ1v) is 7.78. The van der Waals surface area contributed by atoms with Gasteiger partial charge < -0.3 is 10.6 Å². The summed E-state index contributed by atoms with van der Waals surface area (Å²) in [4.78, 5) is 23.8. The van der Waals surface area contributed by atoms with Crippen LogP contribution in [0.5, 0.6) is 0 Å². The van der Waals surface area contributed by atoms with Gasteiger partial charge in [0.2, 0.25) is 5.91 Å². The molecule has 0 bridgehead atoms. The van der Waals surface area contributed by atoms with E-state index >= 15 is 0 Å². The number of nitrogens with one attached hydrogen (secondary N) is 2. The molecule has 2 rings (SSSR count). The van der Waals surface area contributed by atoms with E-state index in [0.717, 1.165) is 12.0 Å². The number of benzene rings is 1. The van der Waals surface area contributed by atoms with E-state index < -0.39 is 0 Å². The normalized spacial score (nSPS) is 10.1. The van der Waals surface area contributed by atoms with Gasteiger partial charge in [-0.3, -0.25) is 9.59 Å².